The lowest BCUT2D eigenvalue weighted by molar-refractivity contribution is -0.124. The highest BCUT2D eigenvalue weighted by Gasteiger charge is 2.33. The molecule has 0 heterocycles. The first kappa shape index (κ1) is 18.3. The van der Waals surface area contributed by atoms with Crippen LogP contribution < -0.4 is 15.8 Å². The van der Waals surface area contributed by atoms with E-state index in [1.165, 1.54) is 19.3 Å². The Balaban J connectivity index is 1.97. The van der Waals surface area contributed by atoms with Crippen LogP contribution >= 0.6 is 15.9 Å². The molecule has 3 N–H and O–H groups in total. The number of hydrogen-bond acceptors (Lipinski definition) is 3. The summed E-state index contributed by atoms with van der Waals surface area (Å²) in [5.41, 5.74) is 7.03. The van der Waals surface area contributed by atoms with Gasteiger partial charge < -0.3 is 15.8 Å². The lowest BCUT2D eigenvalue weighted by atomic mass is 9.71. The first-order valence-corrected chi connectivity index (χ1v) is 9.12. The highest BCUT2D eigenvalue weighted by atomic mass is 79.9. The van der Waals surface area contributed by atoms with E-state index in [0.29, 0.717) is 13.0 Å². The fourth-order valence-electron chi connectivity index (χ4n) is 3.42. The molecular weight excluding hydrogens is 356 g/mol. The van der Waals surface area contributed by atoms with E-state index in [2.05, 4.69) is 21.2 Å². The summed E-state index contributed by atoms with van der Waals surface area (Å²) in [6.07, 6.45) is 6.31. The fraction of sp³-hybridized carbons (Fsp3) is 0.611. The van der Waals surface area contributed by atoms with Crippen molar-refractivity contribution in [3.63, 3.8) is 0 Å². The van der Waals surface area contributed by atoms with Crippen LogP contribution in [0, 0.1) is 5.41 Å². The van der Waals surface area contributed by atoms with Crippen molar-refractivity contribution in [1.82, 2.24) is 5.32 Å². The molecule has 1 aromatic carbocycles. The van der Waals surface area contributed by atoms with Gasteiger partial charge in [-0.15, -0.1) is 0 Å². The Morgan fingerprint density at radius 1 is 1.39 bits per heavy atom. The molecule has 0 bridgehead atoms. The van der Waals surface area contributed by atoms with Crippen LogP contribution in [-0.2, 0) is 4.79 Å². The van der Waals surface area contributed by atoms with Crippen LogP contribution in [0.25, 0.3) is 0 Å². The Kier molecular flexibility index (Phi) is 6.48. The molecule has 1 atom stereocenters. The zero-order chi connectivity index (χ0) is 16.9. The van der Waals surface area contributed by atoms with Gasteiger partial charge in [0.15, 0.2) is 0 Å². The average Bonchev–Trinajstić information content (AvgIpc) is 2.55. The molecule has 4 nitrogen and oxygen atoms in total. The van der Waals surface area contributed by atoms with Crippen molar-refractivity contribution in [1.29, 1.82) is 0 Å². The number of amides is 1. The van der Waals surface area contributed by atoms with Crippen molar-refractivity contribution in [2.75, 3.05) is 13.7 Å². The second-order valence-electron chi connectivity index (χ2n) is 6.62. The third-order valence-electron chi connectivity index (χ3n) is 4.94. The Morgan fingerprint density at radius 3 is 2.65 bits per heavy atom. The highest BCUT2D eigenvalue weighted by molar-refractivity contribution is 9.10. The van der Waals surface area contributed by atoms with Crippen LogP contribution in [0.2, 0.25) is 0 Å². The molecule has 1 saturated carbocycles. The number of halogens is 1. The third kappa shape index (κ3) is 4.70. The minimum Gasteiger partial charge on any atom is -0.496 e. The highest BCUT2D eigenvalue weighted by Crippen LogP contribution is 2.38. The second kappa shape index (κ2) is 8.15. The Bertz CT molecular complexity index is 542. The summed E-state index contributed by atoms with van der Waals surface area (Å²) in [7, 11) is 1.64. The number of ether oxygens (including phenoxy) is 1. The summed E-state index contributed by atoms with van der Waals surface area (Å²) in [4.78, 5) is 12.5. The Labute approximate surface area is 147 Å². The number of nitrogens with two attached hydrogens (primary N) is 1. The predicted octanol–water partition coefficient (Wildman–Crippen LogP) is 3.93. The zero-order valence-corrected chi connectivity index (χ0v) is 15.6. The van der Waals surface area contributed by atoms with Crippen LogP contribution in [0.1, 0.15) is 57.1 Å². The van der Waals surface area contributed by atoms with Gasteiger partial charge in [-0.05, 0) is 65.4 Å². The normalized spacial score (nSPS) is 18.3. The van der Waals surface area contributed by atoms with E-state index >= 15 is 0 Å². The van der Waals surface area contributed by atoms with Gasteiger partial charge in [0.2, 0.25) is 5.91 Å². The minimum absolute atomic E-state index is 0.00252. The number of rotatable bonds is 6. The molecule has 1 amide bonds. The average molecular weight is 383 g/mol. The molecule has 1 aromatic rings. The molecule has 1 fully saturated rings. The number of benzene rings is 1. The molecule has 128 valence electrons. The third-order valence-corrected chi connectivity index (χ3v) is 5.56. The molecule has 0 radical (unpaired) electrons. The monoisotopic (exact) mass is 382 g/mol. The first-order valence-electron chi connectivity index (χ1n) is 8.32. The number of nitrogens with one attached hydrogen (secondary N) is 1. The maximum Gasteiger partial charge on any atom is 0.221 e. The zero-order valence-electron chi connectivity index (χ0n) is 14.0. The van der Waals surface area contributed by atoms with Crippen molar-refractivity contribution in [2.45, 2.75) is 51.5 Å². The van der Waals surface area contributed by atoms with Gasteiger partial charge in [-0.2, -0.15) is 0 Å². The smallest absolute Gasteiger partial charge is 0.221 e. The second-order valence-corrected chi connectivity index (χ2v) is 7.48. The van der Waals surface area contributed by atoms with Crippen molar-refractivity contribution < 1.29 is 9.53 Å². The van der Waals surface area contributed by atoms with E-state index in [9.17, 15) is 4.79 Å². The van der Waals surface area contributed by atoms with Gasteiger partial charge in [-0.3, -0.25) is 4.79 Å². The van der Waals surface area contributed by atoms with Gasteiger partial charge in [0.1, 0.15) is 5.75 Å². The van der Waals surface area contributed by atoms with Gasteiger partial charge in [-0.25, -0.2) is 0 Å². The van der Waals surface area contributed by atoms with Gasteiger partial charge in [0.05, 0.1) is 17.6 Å². The van der Waals surface area contributed by atoms with Crippen molar-refractivity contribution in [2.24, 2.45) is 11.1 Å². The molecule has 0 spiro atoms. The number of methoxy groups -OCH3 is 1. The molecule has 0 aliphatic heterocycles. The summed E-state index contributed by atoms with van der Waals surface area (Å²) < 4.78 is 6.13. The van der Waals surface area contributed by atoms with E-state index in [1.807, 2.05) is 25.1 Å². The van der Waals surface area contributed by atoms with Crippen molar-refractivity contribution in [3.05, 3.63) is 28.2 Å². The number of carbonyl (C=O) groups excluding carboxylic acids is 1. The van der Waals surface area contributed by atoms with Crippen LogP contribution in [0.5, 0.6) is 5.75 Å². The topological polar surface area (TPSA) is 64.3 Å². The first-order chi connectivity index (χ1) is 11.0. The van der Waals surface area contributed by atoms with Gasteiger partial charge in [0, 0.05) is 6.42 Å². The predicted molar refractivity (Wildman–Crippen MR) is 96.4 cm³/mol. The summed E-state index contributed by atoms with van der Waals surface area (Å²) in [5, 5.41) is 3.11. The maximum atomic E-state index is 12.5. The molecule has 1 unspecified atom stereocenters. The van der Waals surface area contributed by atoms with Gasteiger partial charge >= 0.3 is 0 Å². The Hall–Kier alpha value is -1.07. The van der Waals surface area contributed by atoms with Gasteiger partial charge in [0.25, 0.3) is 0 Å². The van der Waals surface area contributed by atoms with Gasteiger partial charge in [-0.1, -0.05) is 25.3 Å². The molecule has 1 aliphatic carbocycles. The molecule has 0 aromatic heterocycles. The van der Waals surface area contributed by atoms with E-state index in [-0.39, 0.29) is 17.4 Å². The van der Waals surface area contributed by atoms with E-state index in [4.69, 9.17) is 10.5 Å². The molecule has 0 saturated heterocycles. The van der Waals surface area contributed by atoms with E-state index in [0.717, 1.165) is 28.6 Å². The quantitative estimate of drug-likeness (QED) is 0.782. The van der Waals surface area contributed by atoms with Crippen LogP contribution in [0.4, 0.5) is 0 Å². The maximum absolute atomic E-state index is 12.5. The summed E-state index contributed by atoms with van der Waals surface area (Å²) in [5.74, 6) is 0.883. The molecule has 1 aliphatic rings. The van der Waals surface area contributed by atoms with Crippen molar-refractivity contribution in [3.8, 4) is 5.75 Å². The summed E-state index contributed by atoms with van der Waals surface area (Å²) >= 11 is 3.49. The lowest BCUT2D eigenvalue weighted by Gasteiger charge is -2.36. The van der Waals surface area contributed by atoms with E-state index in [1.54, 1.807) is 7.11 Å². The standard InChI is InChI=1S/C18H27BrN2O2/c1-13(14-6-7-16(23-2)15(19)10-14)21-17(22)11-18(12-20)8-4-3-5-9-18/h6-7,10,13H,3-5,8-9,11-12,20H2,1-2H3,(H,21,22). The lowest BCUT2D eigenvalue weighted by Crippen LogP contribution is -2.39. The largest absolute Gasteiger partial charge is 0.496 e. The molecule has 5 heteroatoms. The minimum atomic E-state index is -0.0388. The number of carbonyl (C=O) groups is 1. The van der Waals surface area contributed by atoms with Crippen molar-refractivity contribution >= 4 is 21.8 Å². The number of hydrogen-bond donors (Lipinski definition) is 2. The Morgan fingerprint density at radius 2 is 2.09 bits per heavy atom. The van der Waals surface area contributed by atoms with Crippen LogP contribution in [0.3, 0.4) is 0 Å². The molecular formula is C18H27BrN2O2. The van der Waals surface area contributed by atoms with Crippen LogP contribution in [0.15, 0.2) is 22.7 Å². The molecule has 23 heavy (non-hydrogen) atoms. The SMILES string of the molecule is COc1ccc(C(C)NC(=O)CC2(CN)CCCCC2)cc1Br. The van der Waals surface area contributed by atoms with E-state index < -0.39 is 0 Å². The fourth-order valence-corrected chi connectivity index (χ4v) is 3.98. The molecule has 2 rings (SSSR count). The summed E-state index contributed by atoms with van der Waals surface area (Å²) in [6, 6.07) is 5.84. The summed E-state index contributed by atoms with van der Waals surface area (Å²) in [6.45, 7) is 2.60. The van der Waals surface area contributed by atoms with Crippen LogP contribution in [-0.4, -0.2) is 19.6 Å².